The number of ether oxygens (including phenoxy) is 13. The van der Waals surface area contributed by atoms with Gasteiger partial charge < -0.3 is 72.2 Å². The fraction of sp³-hybridized carbons (Fsp3) is 0.737. The number of hydrogen-bond acceptors (Lipinski definition) is 23. The Bertz CT molecular complexity index is 1660. The lowest BCUT2D eigenvalue weighted by atomic mass is 9.96. The molecule has 25 nitrogen and oxygen atoms in total. The Labute approximate surface area is 361 Å². The van der Waals surface area contributed by atoms with Gasteiger partial charge >= 0.3 is 53.8 Å². The maximum absolute atomic E-state index is 13.3. The molecule has 0 aromatic rings. The quantitative estimate of drug-likeness (QED) is 0.118. The molecule has 63 heavy (non-hydrogen) atoms. The van der Waals surface area contributed by atoms with Gasteiger partial charge in [-0.15, -0.1) is 0 Å². The second kappa shape index (κ2) is 24.8. The van der Waals surface area contributed by atoms with E-state index >= 15 is 0 Å². The Morgan fingerprint density at radius 3 is 1.44 bits per heavy atom. The van der Waals surface area contributed by atoms with Crippen LogP contribution < -0.4 is 10.6 Å². The predicted octanol–water partition coefficient (Wildman–Crippen LogP) is -0.805. The van der Waals surface area contributed by atoms with E-state index < -0.39 is 159 Å². The molecule has 2 fully saturated rings. The maximum Gasteiger partial charge on any atom is 0.408 e. The summed E-state index contributed by atoms with van der Waals surface area (Å²) < 4.78 is 72.4. The number of nitrogens with one attached hydrogen (secondary N) is 2. The maximum atomic E-state index is 13.3. The van der Waals surface area contributed by atoms with Gasteiger partial charge in [0.15, 0.2) is 43.1 Å². The van der Waals surface area contributed by atoms with Crippen LogP contribution in [-0.4, -0.2) is 166 Å². The molecule has 356 valence electrons. The molecule has 2 aliphatic rings. The molecular formula is C38H56N2O23. The third kappa shape index (κ3) is 18.7. The van der Waals surface area contributed by atoms with Gasteiger partial charge in [0.05, 0.1) is 13.2 Å². The van der Waals surface area contributed by atoms with Crippen molar-refractivity contribution in [1.29, 1.82) is 0 Å². The van der Waals surface area contributed by atoms with Crippen LogP contribution in [-0.2, 0) is 105 Å². The Morgan fingerprint density at radius 1 is 0.556 bits per heavy atom. The van der Waals surface area contributed by atoms with Crippen molar-refractivity contribution in [2.75, 3.05) is 33.0 Å². The molecule has 11 atom stereocenters. The lowest BCUT2D eigenvalue weighted by Gasteiger charge is -2.48. The molecule has 2 rings (SSSR count). The molecule has 0 saturated carbocycles. The van der Waals surface area contributed by atoms with E-state index in [2.05, 4.69) is 10.6 Å². The van der Waals surface area contributed by atoms with Crippen LogP contribution >= 0.6 is 0 Å². The zero-order valence-electron chi connectivity index (χ0n) is 36.8. The first kappa shape index (κ1) is 53.5. The smallest absolute Gasteiger partial charge is 0.408 e. The van der Waals surface area contributed by atoms with E-state index in [9.17, 15) is 47.9 Å². The van der Waals surface area contributed by atoms with E-state index in [1.54, 1.807) is 27.7 Å². The summed E-state index contributed by atoms with van der Waals surface area (Å²) in [5, 5.41) is 4.59. The molecule has 2 heterocycles. The first-order valence-electron chi connectivity index (χ1n) is 19.4. The molecule has 0 unspecified atom stereocenters. The summed E-state index contributed by atoms with van der Waals surface area (Å²) in [6, 6.07) is -1.65. The third-order valence-electron chi connectivity index (χ3n) is 8.03. The van der Waals surface area contributed by atoms with Crippen molar-refractivity contribution in [1.82, 2.24) is 10.6 Å². The number of esters is 8. The first-order valence-corrected chi connectivity index (χ1v) is 19.4. The minimum absolute atomic E-state index is 0.00436. The van der Waals surface area contributed by atoms with E-state index in [-0.39, 0.29) is 6.61 Å². The van der Waals surface area contributed by atoms with Gasteiger partial charge in [0.25, 0.3) is 0 Å². The molecule has 0 bridgehead atoms. The summed E-state index contributed by atoms with van der Waals surface area (Å²) >= 11 is 0. The Hall–Kier alpha value is -5.66. The van der Waals surface area contributed by atoms with Crippen molar-refractivity contribution in [2.45, 2.75) is 149 Å². The van der Waals surface area contributed by atoms with Gasteiger partial charge in [-0.25, -0.2) is 4.79 Å². The fourth-order valence-electron chi connectivity index (χ4n) is 5.92. The average Bonchev–Trinajstić information content (AvgIpc) is 3.13. The van der Waals surface area contributed by atoms with E-state index in [1.165, 1.54) is 0 Å². The van der Waals surface area contributed by atoms with Crippen molar-refractivity contribution < 1.29 is 110 Å². The summed E-state index contributed by atoms with van der Waals surface area (Å²) in [6.07, 6.45) is -18.6. The predicted molar refractivity (Wildman–Crippen MR) is 202 cm³/mol. The number of rotatable bonds is 19. The third-order valence-corrected chi connectivity index (χ3v) is 8.03. The van der Waals surface area contributed by atoms with Crippen LogP contribution in [0.5, 0.6) is 0 Å². The summed E-state index contributed by atoms with van der Waals surface area (Å²) in [4.78, 5) is 125. The fourth-order valence-corrected chi connectivity index (χ4v) is 5.92. The molecule has 2 N–H and O–H groups in total. The monoisotopic (exact) mass is 908 g/mol. The van der Waals surface area contributed by atoms with Gasteiger partial charge in [-0.3, -0.25) is 43.2 Å². The van der Waals surface area contributed by atoms with E-state index in [4.69, 9.17) is 61.6 Å². The van der Waals surface area contributed by atoms with E-state index in [0.29, 0.717) is 0 Å². The average molecular weight is 909 g/mol. The molecule has 0 aliphatic carbocycles. The Morgan fingerprint density at radius 2 is 0.984 bits per heavy atom. The standard InChI is InChI=1S/C38H56N2O23/c1-12-51-27(48)13-39-34(49)24(40-37(50)63-38(9,10)11)14-54-35-32(58-22(7)46)31(57-21(6)45)29(26(60-35)16-53-18(3)42)62-36-33(59-23(8)47)30(56-20(5)44)28(55-19(4)43)25(61-36)15-52-17(2)41/h24-26,28-33,35-36H,12-16H2,1-11H3,(H,39,49)(H,40,50)/t24-,25+,26+,28-,29+,30-,31-,32+,33+,35+,36-/m0/s1. The summed E-state index contributed by atoms with van der Waals surface area (Å²) in [5.41, 5.74) is -1.03. The highest BCUT2D eigenvalue weighted by Gasteiger charge is 2.58. The van der Waals surface area contributed by atoms with Gasteiger partial charge in [-0.2, -0.15) is 0 Å². The summed E-state index contributed by atoms with van der Waals surface area (Å²) in [7, 11) is 0. The largest absolute Gasteiger partial charge is 0.465 e. The van der Waals surface area contributed by atoms with Gasteiger partial charge in [0.2, 0.25) is 5.91 Å². The minimum atomic E-state index is -1.93. The van der Waals surface area contributed by atoms with Crippen LogP contribution in [0.3, 0.4) is 0 Å². The topological polar surface area (TPSA) is 315 Å². The summed E-state index contributed by atoms with van der Waals surface area (Å²) in [6.45, 7) is 10.4. The molecule has 0 aromatic heterocycles. The Balaban J connectivity index is 2.74. The highest BCUT2D eigenvalue weighted by Crippen LogP contribution is 2.35. The molecule has 25 heteroatoms. The minimum Gasteiger partial charge on any atom is -0.465 e. The number of hydrogen-bond donors (Lipinski definition) is 2. The molecule has 2 amide bonds. The lowest BCUT2D eigenvalue weighted by molar-refractivity contribution is -0.361. The van der Waals surface area contributed by atoms with Crippen LogP contribution in [0.25, 0.3) is 0 Å². The number of alkyl carbamates (subject to hydrolysis) is 1. The molecule has 0 spiro atoms. The molecule has 2 aliphatic heterocycles. The Kier molecular flexibility index (Phi) is 21.1. The van der Waals surface area contributed by atoms with Crippen molar-refractivity contribution in [3.05, 3.63) is 0 Å². The van der Waals surface area contributed by atoms with Crippen molar-refractivity contribution >= 4 is 59.8 Å². The molecule has 0 aromatic carbocycles. The second-order valence-corrected chi connectivity index (χ2v) is 14.7. The van der Waals surface area contributed by atoms with Gasteiger partial charge in [-0.05, 0) is 27.7 Å². The molecular weight excluding hydrogens is 852 g/mol. The second-order valence-electron chi connectivity index (χ2n) is 14.7. The van der Waals surface area contributed by atoms with Crippen LogP contribution in [0.2, 0.25) is 0 Å². The first-order chi connectivity index (χ1) is 29.3. The highest BCUT2D eigenvalue weighted by molar-refractivity contribution is 5.88. The van der Waals surface area contributed by atoms with Gasteiger partial charge in [0, 0.05) is 48.5 Å². The normalized spacial score (nSPS) is 26.0. The zero-order valence-corrected chi connectivity index (χ0v) is 36.8. The van der Waals surface area contributed by atoms with Crippen molar-refractivity contribution in [3.8, 4) is 0 Å². The van der Waals surface area contributed by atoms with Gasteiger partial charge in [0.1, 0.15) is 49.7 Å². The number of carbonyl (C=O) groups is 10. The molecule has 2 saturated heterocycles. The lowest BCUT2D eigenvalue weighted by Crippen LogP contribution is -2.67. The van der Waals surface area contributed by atoms with Crippen LogP contribution in [0, 0.1) is 0 Å². The molecule has 0 radical (unpaired) electrons. The highest BCUT2D eigenvalue weighted by atomic mass is 16.8. The van der Waals surface area contributed by atoms with Crippen LogP contribution in [0.15, 0.2) is 0 Å². The number of amides is 2. The van der Waals surface area contributed by atoms with Crippen molar-refractivity contribution in [3.63, 3.8) is 0 Å². The van der Waals surface area contributed by atoms with Crippen molar-refractivity contribution in [2.24, 2.45) is 0 Å². The van der Waals surface area contributed by atoms with E-state index in [0.717, 1.165) is 48.5 Å². The van der Waals surface area contributed by atoms with Gasteiger partial charge in [-0.1, -0.05) is 0 Å². The summed E-state index contributed by atoms with van der Waals surface area (Å²) in [5.74, 6) is -8.34. The SMILES string of the molecule is CCOC(=O)CNC(=O)[C@H](CO[C@@H]1O[C@H](COC(C)=O)[C@@H](O[C@@H]2O[C@H](COC(C)=O)[C@H](OC(C)=O)[C@H](OC(C)=O)[C@H]2OC(C)=O)[C@H](OC(C)=O)[C@H]1OC(C)=O)NC(=O)OC(C)(C)C. The zero-order chi connectivity index (χ0) is 47.8. The number of carbonyl (C=O) groups excluding carboxylic acids is 10. The van der Waals surface area contributed by atoms with Crippen LogP contribution in [0.1, 0.15) is 76.2 Å². The van der Waals surface area contributed by atoms with Crippen LogP contribution in [0.4, 0.5) is 4.79 Å². The van der Waals surface area contributed by atoms with E-state index in [1.807, 2.05) is 0 Å².